The first-order chi connectivity index (χ1) is 10.6. The van der Waals surface area contributed by atoms with Crippen LogP contribution in [0, 0.1) is 0 Å². The van der Waals surface area contributed by atoms with Crippen molar-refractivity contribution in [3.63, 3.8) is 0 Å². The standard InChI is InChI=1S/C17H26N2O3/c1-14(2)19(16-8-9-18(12-16)10-11-20)17(21)22-13-15-6-4-3-5-7-15/h3-7,14,16,20H,8-13H2,1-2H3/t16-/m1/s1. The molecule has 122 valence electrons. The SMILES string of the molecule is CC(C)N(C(=O)OCc1ccccc1)[C@@H]1CCN(CCO)C1. The number of rotatable bonds is 6. The highest BCUT2D eigenvalue weighted by Gasteiger charge is 2.32. The number of hydrogen-bond donors (Lipinski definition) is 1. The maximum Gasteiger partial charge on any atom is 0.410 e. The second kappa shape index (κ2) is 8.15. The second-order valence-corrected chi connectivity index (χ2v) is 6.01. The van der Waals surface area contributed by atoms with E-state index < -0.39 is 0 Å². The molecule has 0 aliphatic carbocycles. The van der Waals surface area contributed by atoms with Crippen molar-refractivity contribution in [1.29, 1.82) is 0 Å². The van der Waals surface area contributed by atoms with Crippen LogP contribution in [-0.2, 0) is 11.3 Å². The summed E-state index contributed by atoms with van der Waals surface area (Å²) in [6.45, 7) is 6.88. The van der Waals surface area contributed by atoms with Crippen LogP contribution < -0.4 is 0 Å². The molecule has 1 atom stereocenters. The van der Waals surface area contributed by atoms with Crippen LogP contribution >= 0.6 is 0 Å². The number of nitrogens with zero attached hydrogens (tertiary/aromatic N) is 2. The molecule has 1 amide bonds. The Morgan fingerprint density at radius 2 is 2.14 bits per heavy atom. The van der Waals surface area contributed by atoms with E-state index in [0.29, 0.717) is 13.2 Å². The first-order valence-electron chi connectivity index (χ1n) is 7.94. The van der Waals surface area contributed by atoms with E-state index in [1.165, 1.54) is 0 Å². The predicted molar refractivity (Wildman–Crippen MR) is 85.5 cm³/mol. The number of aliphatic hydroxyl groups excluding tert-OH is 1. The van der Waals surface area contributed by atoms with E-state index in [4.69, 9.17) is 9.84 Å². The molecule has 0 bridgehead atoms. The third kappa shape index (κ3) is 4.45. The van der Waals surface area contributed by atoms with Crippen LogP contribution in [0.4, 0.5) is 4.79 Å². The van der Waals surface area contributed by atoms with Crippen molar-refractivity contribution in [3.05, 3.63) is 35.9 Å². The predicted octanol–water partition coefficient (Wildman–Crippen LogP) is 2.10. The minimum Gasteiger partial charge on any atom is -0.445 e. The smallest absolute Gasteiger partial charge is 0.410 e. The Kier molecular flexibility index (Phi) is 6.21. The van der Waals surface area contributed by atoms with Gasteiger partial charge in [-0.2, -0.15) is 0 Å². The zero-order chi connectivity index (χ0) is 15.9. The van der Waals surface area contributed by atoms with Crippen LogP contribution in [0.2, 0.25) is 0 Å². The molecule has 1 aliphatic rings. The lowest BCUT2D eigenvalue weighted by atomic mass is 10.2. The van der Waals surface area contributed by atoms with Gasteiger partial charge in [-0.15, -0.1) is 0 Å². The van der Waals surface area contributed by atoms with Gasteiger partial charge in [0.15, 0.2) is 0 Å². The Morgan fingerprint density at radius 3 is 2.77 bits per heavy atom. The molecule has 1 aromatic carbocycles. The quantitative estimate of drug-likeness (QED) is 0.874. The number of β-amino-alcohol motifs (C(OH)–C–C–N with tert-alkyl or cyclic N) is 1. The van der Waals surface area contributed by atoms with Gasteiger partial charge in [-0.3, -0.25) is 4.90 Å². The van der Waals surface area contributed by atoms with Crippen molar-refractivity contribution in [1.82, 2.24) is 9.80 Å². The molecule has 0 radical (unpaired) electrons. The van der Waals surface area contributed by atoms with E-state index in [-0.39, 0.29) is 24.8 Å². The summed E-state index contributed by atoms with van der Waals surface area (Å²) >= 11 is 0. The fourth-order valence-corrected chi connectivity index (χ4v) is 2.96. The zero-order valence-electron chi connectivity index (χ0n) is 13.4. The molecule has 1 aliphatic heterocycles. The summed E-state index contributed by atoms with van der Waals surface area (Å²) in [6.07, 6.45) is 0.674. The monoisotopic (exact) mass is 306 g/mol. The maximum atomic E-state index is 12.4. The van der Waals surface area contributed by atoms with Gasteiger partial charge in [-0.1, -0.05) is 30.3 Å². The molecule has 1 fully saturated rings. The van der Waals surface area contributed by atoms with Crippen molar-refractivity contribution in [2.45, 2.75) is 39.0 Å². The van der Waals surface area contributed by atoms with Crippen molar-refractivity contribution >= 4 is 6.09 Å². The largest absolute Gasteiger partial charge is 0.445 e. The topological polar surface area (TPSA) is 53.0 Å². The van der Waals surface area contributed by atoms with Gasteiger partial charge in [-0.25, -0.2) is 4.79 Å². The molecule has 1 N–H and O–H groups in total. The van der Waals surface area contributed by atoms with Crippen LogP contribution in [-0.4, -0.2) is 59.3 Å². The molecule has 0 aromatic heterocycles. The van der Waals surface area contributed by atoms with Gasteiger partial charge < -0.3 is 14.7 Å². The molecule has 1 saturated heterocycles. The van der Waals surface area contributed by atoms with Crippen LogP contribution in [0.5, 0.6) is 0 Å². The number of hydrogen-bond acceptors (Lipinski definition) is 4. The van der Waals surface area contributed by atoms with Gasteiger partial charge in [0.05, 0.1) is 6.61 Å². The summed E-state index contributed by atoms with van der Waals surface area (Å²) in [6, 6.07) is 9.98. The number of aliphatic hydroxyl groups is 1. The minimum absolute atomic E-state index is 0.0994. The Labute approximate surface area is 132 Å². The summed E-state index contributed by atoms with van der Waals surface area (Å²) < 4.78 is 5.48. The van der Waals surface area contributed by atoms with E-state index in [9.17, 15) is 4.79 Å². The van der Waals surface area contributed by atoms with Crippen molar-refractivity contribution < 1.29 is 14.6 Å². The zero-order valence-corrected chi connectivity index (χ0v) is 13.4. The first-order valence-corrected chi connectivity index (χ1v) is 7.94. The number of ether oxygens (including phenoxy) is 1. The average Bonchev–Trinajstić information content (AvgIpc) is 2.94. The Bertz CT molecular complexity index is 464. The fourth-order valence-electron chi connectivity index (χ4n) is 2.96. The Morgan fingerprint density at radius 1 is 1.41 bits per heavy atom. The molecular weight excluding hydrogens is 280 g/mol. The summed E-state index contributed by atoms with van der Waals surface area (Å²) in [5, 5.41) is 9.03. The molecule has 1 aromatic rings. The van der Waals surface area contributed by atoms with Crippen LogP contribution in [0.15, 0.2) is 30.3 Å². The molecule has 0 spiro atoms. The highest BCUT2D eigenvalue weighted by Crippen LogP contribution is 2.19. The molecule has 0 saturated carbocycles. The van der Waals surface area contributed by atoms with Gasteiger partial charge >= 0.3 is 6.09 Å². The van der Waals surface area contributed by atoms with Gasteiger partial charge in [0, 0.05) is 31.7 Å². The second-order valence-electron chi connectivity index (χ2n) is 6.01. The summed E-state index contributed by atoms with van der Waals surface area (Å²) in [4.78, 5) is 16.5. The Hall–Kier alpha value is -1.59. The lowest BCUT2D eigenvalue weighted by molar-refractivity contribution is 0.0680. The van der Waals surface area contributed by atoms with E-state index in [1.54, 1.807) is 0 Å². The van der Waals surface area contributed by atoms with E-state index >= 15 is 0 Å². The summed E-state index contributed by atoms with van der Waals surface area (Å²) in [7, 11) is 0. The maximum absolute atomic E-state index is 12.4. The van der Waals surface area contributed by atoms with Crippen molar-refractivity contribution in [3.8, 4) is 0 Å². The third-order valence-corrected chi connectivity index (χ3v) is 4.03. The minimum atomic E-state index is -0.255. The number of likely N-dealkylation sites (tertiary alicyclic amines) is 1. The Balaban J connectivity index is 1.91. The summed E-state index contributed by atoms with van der Waals surface area (Å²) in [5.41, 5.74) is 0.993. The van der Waals surface area contributed by atoms with Gasteiger partial charge in [0.1, 0.15) is 6.61 Å². The van der Waals surface area contributed by atoms with Gasteiger partial charge in [-0.05, 0) is 25.8 Å². The highest BCUT2D eigenvalue weighted by atomic mass is 16.6. The number of benzene rings is 1. The molecular formula is C17H26N2O3. The van der Waals surface area contributed by atoms with Crippen LogP contribution in [0.3, 0.4) is 0 Å². The van der Waals surface area contributed by atoms with E-state index in [2.05, 4.69) is 4.90 Å². The van der Waals surface area contributed by atoms with E-state index in [0.717, 1.165) is 25.1 Å². The third-order valence-electron chi connectivity index (χ3n) is 4.03. The molecule has 22 heavy (non-hydrogen) atoms. The first kappa shape index (κ1) is 16.8. The van der Waals surface area contributed by atoms with E-state index in [1.807, 2.05) is 49.1 Å². The van der Waals surface area contributed by atoms with Crippen molar-refractivity contribution in [2.24, 2.45) is 0 Å². The normalized spacial score (nSPS) is 18.6. The van der Waals surface area contributed by atoms with Crippen molar-refractivity contribution in [2.75, 3.05) is 26.2 Å². The van der Waals surface area contributed by atoms with Crippen LogP contribution in [0.25, 0.3) is 0 Å². The number of carbonyl (C=O) groups is 1. The summed E-state index contributed by atoms with van der Waals surface area (Å²) in [5.74, 6) is 0. The molecule has 5 nitrogen and oxygen atoms in total. The lowest BCUT2D eigenvalue weighted by Crippen LogP contribution is -2.46. The lowest BCUT2D eigenvalue weighted by Gasteiger charge is -2.32. The molecule has 0 unspecified atom stereocenters. The highest BCUT2D eigenvalue weighted by molar-refractivity contribution is 5.68. The fraction of sp³-hybridized carbons (Fsp3) is 0.588. The average molecular weight is 306 g/mol. The van der Waals surface area contributed by atoms with Gasteiger partial charge in [0.2, 0.25) is 0 Å². The molecule has 5 heteroatoms. The molecule has 1 heterocycles. The number of amides is 1. The molecule has 2 rings (SSSR count). The van der Waals surface area contributed by atoms with Crippen LogP contribution in [0.1, 0.15) is 25.8 Å². The number of carbonyl (C=O) groups excluding carboxylic acids is 1. The van der Waals surface area contributed by atoms with Gasteiger partial charge in [0.25, 0.3) is 0 Å².